The van der Waals surface area contributed by atoms with Gasteiger partial charge in [-0.1, -0.05) is 29.8 Å². The third kappa shape index (κ3) is 4.74. The lowest BCUT2D eigenvalue weighted by molar-refractivity contribution is -0.127. The van der Waals surface area contributed by atoms with Crippen LogP contribution in [-0.4, -0.2) is 49.7 Å². The Kier molecular flexibility index (Phi) is 6.19. The van der Waals surface area contributed by atoms with Crippen LogP contribution in [-0.2, 0) is 14.8 Å². The summed E-state index contributed by atoms with van der Waals surface area (Å²) in [6, 6.07) is 9.61. The van der Waals surface area contributed by atoms with E-state index in [0.717, 1.165) is 22.3 Å². The highest BCUT2D eigenvalue weighted by Gasteiger charge is 2.31. The van der Waals surface area contributed by atoms with E-state index < -0.39 is 10.0 Å². The number of carbonyl (C=O) groups excluding carboxylic acids is 1. The highest BCUT2D eigenvalue weighted by atomic mass is 32.2. The zero-order chi connectivity index (χ0) is 21.2. The largest absolute Gasteiger partial charge is 0.337 e. The van der Waals surface area contributed by atoms with E-state index in [1.807, 2.05) is 32.9 Å². The standard InChI is InChI=1S/C22H25FN2O3S/c1-16-14-17(2)22(18(3)15-16)29(27,28)25-12-10-24(11-13-25)21(26)9-6-19-4-7-20(23)8-5-19/h4-9,14-15H,10-13H2,1-3H3/b9-6+. The molecule has 2 aromatic carbocycles. The Morgan fingerprint density at radius 1 is 0.966 bits per heavy atom. The topological polar surface area (TPSA) is 57.7 Å². The molecule has 3 rings (SSSR count). The number of piperazine rings is 1. The van der Waals surface area contributed by atoms with E-state index in [1.54, 1.807) is 23.1 Å². The molecule has 7 heteroatoms. The van der Waals surface area contributed by atoms with Gasteiger partial charge in [0.1, 0.15) is 5.82 Å². The number of benzene rings is 2. The number of amides is 1. The van der Waals surface area contributed by atoms with Crippen molar-refractivity contribution in [3.8, 4) is 0 Å². The molecule has 1 aliphatic heterocycles. The molecule has 5 nitrogen and oxygen atoms in total. The molecular weight excluding hydrogens is 391 g/mol. The van der Waals surface area contributed by atoms with Gasteiger partial charge >= 0.3 is 0 Å². The SMILES string of the molecule is Cc1cc(C)c(S(=O)(=O)N2CCN(C(=O)/C=C/c3ccc(F)cc3)CC2)c(C)c1. The normalized spacial score (nSPS) is 15.8. The Hall–Kier alpha value is -2.51. The van der Waals surface area contributed by atoms with E-state index in [0.29, 0.717) is 18.0 Å². The third-order valence-corrected chi connectivity index (χ3v) is 7.25. The Balaban J connectivity index is 1.67. The lowest BCUT2D eigenvalue weighted by atomic mass is 10.1. The highest BCUT2D eigenvalue weighted by molar-refractivity contribution is 7.89. The maximum Gasteiger partial charge on any atom is 0.246 e. The summed E-state index contributed by atoms with van der Waals surface area (Å²) >= 11 is 0. The average Bonchev–Trinajstić information content (AvgIpc) is 2.66. The summed E-state index contributed by atoms with van der Waals surface area (Å²) in [5.74, 6) is -0.515. The number of halogens is 1. The molecule has 0 spiro atoms. The number of sulfonamides is 1. The van der Waals surface area contributed by atoms with E-state index in [2.05, 4.69) is 0 Å². The van der Waals surface area contributed by atoms with E-state index in [-0.39, 0.29) is 24.8 Å². The first-order chi connectivity index (χ1) is 13.7. The summed E-state index contributed by atoms with van der Waals surface area (Å²) in [6.07, 6.45) is 3.07. The van der Waals surface area contributed by atoms with Crippen LogP contribution in [0, 0.1) is 26.6 Å². The molecule has 2 aromatic rings. The number of carbonyl (C=O) groups is 1. The molecule has 1 fully saturated rings. The molecule has 1 saturated heterocycles. The van der Waals surface area contributed by atoms with Crippen LogP contribution < -0.4 is 0 Å². The van der Waals surface area contributed by atoms with Gasteiger partial charge in [0.2, 0.25) is 15.9 Å². The van der Waals surface area contributed by atoms with Gasteiger partial charge < -0.3 is 4.90 Å². The molecule has 0 bridgehead atoms. The summed E-state index contributed by atoms with van der Waals surface area (Å²) in [6.45, 7) is 6.74. The molecule has 1 amide bonds. The number of hydrogen-bond acceptors (Lipinski definition) is 3. The molecule has 0 radical (unpaired) electrons. The summed E-state index contributed by atoms with van der Waals surface area (Å²) in [4.78, 5) is 14.4. The smallest absolute Gasteiger partial charge is 0.246 e. The predicted octanol–water partition coefficient (Wildman–Crippen LogP) is 3.30. The second-order valence-corrected chi connectivity index (χ2v) is 9.22. The molecule has 154 valence electrons. The second kappa shape index (κ2) is 8.47. The lowest BCUT2D eigenvalue weighted by Gasteiger charge is -2.34. The van der Waals surface area contributed by atoms with Crippen molar-refractivity contribution in [2.45, 2.75) is 25.7 Å². The maximum absolute atomic E-state index is 13.1. The van der Waals surface area contributed by atoms with Gasteiger partial charge in [-0.05, 0) is 55.7 Å². The molecule has 0 N–H and O–H groups in total. The van der Waals surface area contributed by atoms with Crippen LogP contribution in [0.25, 0.3) is 6.08 Å². The van der Waals surface area contributed by atoms with Crippen LogP contribution in [0.4, 0.5) is 4.39 Å². The van der Waals surface area contributed by atoms with Crippen molar-refractivity contribution in [2.24, 2.45) is 0 Å². The Labute approximate surface area is 171 Å². The van der Waals surface area contributed by atoms with Crippen LogP contribution >= 0.6 is 0 Å². The molecule has 0 aromatic heterocycles. The molecular formula is C22H25FN2O3S. The zero-order valence-corrected chi connectivity index (χ0v) is 17.7. The van der Waals surface area contributed by atoms with Crippen molar-refractivity contribution in [2.75, 3.05) is 26.2 Å². The first-order valence-electron chi connectivity index (χ1n) is 9.49. The summed E-state index contributed by atoms with van der Waals surface area (Å²) in [5, 5.41) is 0. The molecule has 0 aliphatic carbocycles. The van der Waals surface area contributed by atoms with E-state index in [9.17, 15) is 17.6 Å². The van der Waals surface area contributed by atoms with E-state index in [1.165, 1.54) is 22.5 Å². The third-order valence-electron chi connectivity index (χ3n) is 5.04. The van der Waals surface area contributed by atoms with Gasteiger partial charge in [0, 0.05) is 32.3 Å². The maximum atomic E-state index is 13.1. The monoisotopic (exact) mass is 416 g/mol. The van der Waals surface area contributed by atoms with E-state index >= 15 is 0 Å². The van der Waals surface area contributed by atoms with Gasteiger partial charge in [-0.15, -0.1) is 0 Å². The first kappa shape index (κ1) is 21.2. The fraction of sp³-hybridized carbons (Fsp3) is 0.318. The van der Waals surface area contributed by atoms with Crippen LogP contribution in [0.5, 0.6) is 0 Å². The van der Waals surface area contributed by atoms with E-state index in [4.69, 9.17) is 0 Å². The quantitative estimate of drug-likeness (QED) is 0.719. The highest BCUT2D eigenvalue weighted by Crippen LogP contribution is 2.26. The summed E-state index contributed by atoms with van der Waals surface area (Å²) in [5.41, 5.74) is 3.24. The average molecular weight is 417 g/mol. The van der Waals surface area contributed by atoms with Gasteiger partial charge in [0.25, 0.3) is 0 Å². The molecule has 0 saturated carbocycles. The van der Waals surface area contributed by atoms with Crippen molar-refractivity contribution < 1.29 is 17.6 Å². The Morgan fingerprint density at radius 2 is 1.52 bits per heavy atom. The van der Waals surface area contributed by atoms with Crippen molar-refractivity contribution in [3.05, 3.63) is 70.5 Å². The van der Waals surface area contributed by atoms with Crippen LogP contribution in [0.1, 0.15) is 22.3 Å². The number of aryl methyl sites for hydroxylation is 3. The van der Waals surface area contributed by atoms with Crippen LogP contribution in [0.3, 0.4) is 0 Å². The van der Waals surface area contributed by atoms with Crippen molar-refractivity contribution in [1.82, 2.24) is 9.21 Å². The zero-order valence-electron chi connectivity index (χ0n) is 16.9. The van der Waals surface area contributed by atoms with Gasteiger partial charge in [0.15, 0.2) is 0 Å². The minimum Gasteiger partial charge on any atom is -0.337 e. The fourth-order valence-corrected chi connectivity index (χ4v) is 5.53. The van der Waals surface area contributed by atoms with Gasteiger partial charge in [-0.2, -0.15) is 4.31 Å². The number of hydrogen-bond donors (Lipinski definition) is 0. The van der Waals surface area contributed by atoms with Crippen molar-refractivity contribution in [3.63, 3.8) is 0 Å². The number of rotatable bonds is 4. The minimum absolute atomic E-state index is 0.186. The van der Waals surface area contributed by atoms with Gasteiger partial charge in [-0.3, -0.25) is 4.79 Å². The van der Waals surface area contributed by atoms with Gasteiger partial charge in [-0.25, -0.2) is 12.8 Å². The lowest BCUT2D eigenvalue weighted by Crippen LogP contribution is -2.50. The fourth-order valence-electron chi connectivity index (χ4n) is 3.70. The van der Waals surface area contributed by atoms with Crippen LogP contribution in [0.15, 0.2) is 47.4 Å². The molecule has 1 heterocycles. The summed E-state index contributed by atoms with van der Waals surface area (Å²) in [7, 11) is -3.61. The Morgan fingerprint density at radius 3 is 2.07 bits per heavy atom. The minimum atomic E-state index is -3.61. The van der Waals surface area contributed by atoms with Crippen LogP contribution in [0.2, 0.25) is 0 Å². The molecule has 0 unspecified atom stereocenters. The molecule has 1 aliphatic rings. The summed E-state index contributed by atoms with van der Waals surface area (Å²) < 4.78 is 40.7. The van der Waals surface area contributed by atoms with Gasteiger partial charge in [0.05, 0.1) is 4.90 Å². The number of nitrogens with zero attached hydrogens (tertiary/aromatic N) is 2. The first-order valence-corrected chi connectivity index (χ1v) is 10.9. The molecule has 0 atom stereocenters. The van der Waals surface area contributed by atoms with Crippen molar-refractivity contribution in [1.29, 1.82) is 0 Å². The second-order valence-electron chi connectivity index (χ2n) is 7.34. The molecule has 29 heavy (non-hydrogen) atoms. The Bertz CT molecular complexity index is 1020. The van der Waals surface area contributed by atoms with Crippen molar-refractivity contribution >= 4 is 22.0 Å². The predicted molar refractivity (Wildman–Crippen MR) is 111 cm³/mol.